The van der Waals surface area contributed by atoms with Gasteiger partial charge in [-0.2, -0.15) is 0 Å². The van der Waals surface area contributed by atoms with Crippen LogP contribution in [0.1, 0.15) is 37.2 Å². The second-order valence-electron chi connectivity index (χ2n) is 5.43. The van der Waals surface area contributed by atoms with Crippen LogP contribution in [0.4, 0.5) is 4.79 Å². The fourth-order valence-electron chi connectivity index (χ4n) is 2.29. The van der Waals surface area contributed by atoms with Gasteiger partial charge in [0.05, 0.1) is 6.20 Å². The van der Waals surface area contributed by atoms with E-state index in [1.54, 1.807) is 11.1 Å². The van der Waals surface area contributed by atoms with Gasteiger partial charge in [0, 0.05) is 37.6 Å². The minimum atomic E-state index is -0.149. The van der Waals surface area contributed by atoms with Crippen molar-refractivity contribution in [2.45, 2.75) is 38.8 Å². The molecular weight excluding hydrogens is 270 g/mol. The minimum absolute atomic E-state index is 0.104. The highest BCUT2D eigenvalue weighted by Gasteiger charge is 2.25. The van der Waals surface area contributed by atoms with Gasteiger partial charge in [-0.15, -0.1) is 0 Å². The maximum atomic E-state index is 12.2. The lowest BCUT2D eigenvalue weighted by Gasteiger charge is -2.32. The monoisotopic (exact) mass is 291 g/mol. The van der Waals surface area contributed by atoms with E-state index < -0.39 is 0 Å². The van der Waals surface area contributed by atoms with Crippen molar-refractivity contribution in [3.05, 3.63) is 24.3 Å². The maximum absolute atomic E-state index is 12.2. The van der Waals surface area contributed by atoms with Gasteiger partial charge in [-0.1, -0.05) is 0 Å². The molecule has 0 atom stereocenters. The third-order valence-electron chi connectivity index (χ3n) is 3.32. The summed E-state index contributed by atoms with van der Waals surface area (Å²) in [4.78, 5) is 33.5. The number of carbonyl (C=O) groups excluding carboxylic acids is 2. The summed E-state index contributed by atoms with van der Waals surface area (Å²) >= 11 is 0. The normalized spacial score (nSPS) is 15.9. The van der Waals surface area contributed by atoms with E-state index in [0.29, 0.717) is 18.8 Å². The summed E-state index contributed by atoms with van der Waals surface area (Å²) in [6.07, 6.45) is 6.02. The molecule has 7 heteroatoms. The van der Waals surface area contributed by atoms with Crippen molar-refractivity contribution >= 4 is 11.9 Å². The highest BCUT2D eigenvalue weighted by atomic mass is 16.2. The smallest absolute Gasteiger partial charge is 0.315 e. The number of carbonyl (C=O) groups is 2. The van der Waals surface area contributed by atoms with E-state index in [2.05, 4.69) is 20.6 Å². The van der Waals surface area contributed by atoms with Gasteiger partial charge in [-0.25, -0.2) is 9.78 Å². The number of amides is 3. The van der Waals surface area contributed by atoms with Crippen molar-refractivity contribution in [1.82, 2.24) is 25.5 Å². The second kappa shape index (κ2) is 7.01. The number of hydrogen-bond acceptors (Lipinski definition) is 4. The van der Waals surface area contributed by atoms with Crippen molar-refractivity contribution in [3.8, 4) is 0 Å². The van der Waals surface area contributed by atoms with Gasteiger partial charge in [0.1, 0.15) is 5.69 Å². The number of urea groups is 1. The zero-order valence-corrected chi connectivity index (χ0v) is 12.4. The average Bonchev–Trinajstić information content (AvgIpc) is 2.47. The van der Waals surface area contributed by atoms with Crippen LogP contribution >= 0.6 is 0 Å². The summed E-state index contributed by atoms with van der Waals surface area (Å²) in [7, 11) is 0. The summed E-state index contributed by atoms with van der Waals surface area (Å²) in [5, 5.41) is 5.73. The zero-order chi connectivity index (χ0) is 15.2. The standard InChI is InChI=1S/C14H21N5O2/c1-10(2)17-14(21)18-11-3-7-19(8-4-11)13(20)12-9-15-5-6-16-12/h5-6,9-11H,3-4,7-8H2,1-2H3,(H2,17,18,21). The Morgan fingerprint density at radius 2 is 2.00 bits per heavy atom. The van der Waals surface area contributed by atoms with Gasteiger partial charge >= 0.3 is 6.03 Å². The Kier molecular flexibility index (Phi) is 5.08. The zero-order valence-electron chi connectivity index (χ0n) is 12.4. The van der Waals surface area contributed by atoms with Gasteiger partial charge in [-0.05, 0) is 26.7 Å². The highest BCUT2D eigenvalue weighted by Crippen LogP contribution is 2.12. The number of rotatable bonds is 3. The van der Waals surface area contributed by atoms with Crippen LogP contribution in [0, 0.1) is 0 Å². The lowest BCUT2D eigenvalue weighted by molar-refractivity contribution is 0.0702. The Labute approximate surface area is 124 Å². The first kappa shape index (κ1) is 15.2. The van der Waals surface area contributed by atoms with Crippen LogP contribution in [-0.4, -0.2) is 52.0 Å². The molecule has 7 nitrogen and oxygen atoms in total. The van der Waals surface area contributed by atoms with E-state index in [1.807, 2.05) is 13.8 Å². The summed E-state index contributed by atoms with van der Waals surface area (Å²) in [5.41, 5.74) is 0.362. The number of aromatic nitrogens is 2. The lowest BCUT2D eigenvalue weighted by atomic mass is 10.0. The van der Waals surface area contributed by atoms with E-state index in [0.717, 1.165) is 12.8 Å². The van der Waals surface area contributed by atoms with Crippen LogP contribution in [0.3, 0.4) is 0 Å². The van der Waals surface area contributed by atoms with Crippen LogP contribution in [-0.2, 0) is 0 Å². The van der Waals surface area contributed by atoms with Gasteiger partial charge in [0.2, 0.25) is 0 Å². The lowest BCUT2D eigenvalue weighted by Crippen LogP contribution is -2.50. The Hall–Kier alpha value is -2.18. The molecule has 0 aromatic carbocycles. The molecule has 2 N–H and O–H groups in total. The number of piperidine rings is 1. The predicted molar refractivity (Wildman–Crippen MR) is 77.8 cm³/mol. The van der Waals surface area contributed by atoms with E-state index in [9.17, 15) is 9.59 Å². The molecule has 1 fully saturated rings. The molecule has 0 aliphatic carbocycles. The highest BCUT2D eigenvalue weighted by molar-refractivity contribution is 5.92. The molecular formula is C14H21N5O2. The van der Waals surface area contributed by atoms with Crippen molar-refractivity contribution in [2.24, 2.45) is 0 Å². The van der Waals surface area contributed by atoms with Gasteiger partial charge in [-0.3, -0.25) is 9.78 Å². The van der Waals surface area contributed by atoms with E-state index in [1.165, 1.54) is 12.4 Å². The molecule has 1 aromatic rings. The Balaban J connectivity index is 1.81. The number of likely N-dealkylation sites (tertiary alicyclic amines) is 1. The molecule has 2 heterocycles. The second-order valence-corrected chi connectivity index (χ2v) is 5.43. The molecule has 2 rings (SSSR count). The van der Waals surface area contributed by atoms with Crippen molar-refractivity contribution in [2.75, 3.05) is 13.1 Å². The average molecular weight is 291 g/mol. The first-order valence-corrected chi connectivity index (χ1v) is 7.18. The van der Waals surface area contributed by atoms with Gasteiger partial charge < -0.3 is 15.5 Å². The third-order valence-corrected chi connectivity index (χ3v) is 3.32. The minimum Gasteiger partial charge on any atom is -0.337 e. The first-order valence-electron chi connectivity index (χ1n) is 7.18. The topological polar surface area (TPSA) is 87.2 Å². The Morgan fingerprint density at radius 1 is 1.29 bits per heavy atom. The fourth-order valence-corrected chi connectivity index (χ4v) is 2.29. The molecule has 1 aliphatic heterocycles. The maximum Gasteiger partial charge on any atom is 0.315 e. The summed E-state index contributed by atoms with van der Waals surface area (Å²) in [5.74, 6) is -0.104. The van der Waals surface area contributed by atoms with Crippen molar-refractivity contribution in [1.29, 1.82) is 0 Å². The Morgan fingerprint density at radius 3 is 2.57 bits per heavy atom. The van der Waals surface area contributed by atoms with E-state index >= 15 is 0 Å². The molecule has 114 valence electrons. The molecule has 1 aliphatic rings. The van der Waals surface area contributed by atoms with Crippen LogP contribution in [0.15, 0.2) is 18.6 Å². The van der Waals surface area contributed by atoms with E-state index in [-0.39, 0.29) is 24.0 Å². The molecule has 0 spiro atoms. The Bertz CT molecular complexity index is 483. The summed E-state index contributed by atoms with van der Waals surface area (Å²) in [6, 6.07) is 0.0710. The molecule has 0 radical (unpaired) electrons. The first-order chi connectivity index (χ1) is 10.1. The molecule has 1 saturated heterocycles. The SMILES string of the molecule is CC(C)NC(=O)NC1CCN(C(=O)c2cnccn2)CC1. The predicted octanol–water partition coefficient (Wildman–Crippen LogP) is 0.789. The van der Waals surface area contributed by atoms with E-state index in [4.69, 9.17) is 0 Å². The molecule has 0 saturated carbocycles. The molecule has 21 heavy (non-hydrogen) atoms. The van der Waals surface area contributed by atoms with Crippen LogP contribution < -0.4 is 10.6 Å². The van der Waals surface area contributed by atoms with Crippen LogP contribution in [0.25, 0.3) is 0 Å². The molecule has 0 unspecified atom stereocenters. The van der Waals surface area contributed by atoms with Gasteiger partial charge in [0.25, 0.3) is 5.91 Å². The summed E-state index contributed by atoms with van der Waals surface area (Å²) < 4.78 is 0. The van der Waals surface area contributed by atoms with Crippen molar-refractivity contribution < 1.29 is 9.59 Å². The number of nitrogens with one attached hydrogen (secondary N) is 2. The molecule has 0 bridgehead atoms. The number of hydrogen-bond donors (Lipinski definition) is 2. The summed E-state index contributed by atoms with van der Waals surface area (Å²) in [6.45, 7) is 5.06. The molecule has 1 aromatic heterocycles. The van der Waals surface area contributed by atoms with Gasteiger partial charge in [0.15, 0.2) is 0 Å². The van der Waals surface area contributed by atoms with Crippen molar-refractivity contribution in [3.63, 3.8) is 0 Å². The fraction of sp³-hybridized carbons (Fsp3) is 0.571. The van der Waals surface area contributed by atoms with Crippen LogP contribution in [0.5, 0.6) is 0 Å². The molecule has 3 amide bonds. The van der Waals surface area contributed by atoms with Crippen LogP contribution in [0.2, 0.25) is 0 Å². The largest absolute Gasteiger partial charge is 0.337 e. The number of nitrogens with zero attached hydrogens (tertiary/aromatic N) is 3. The quantitative estimate of drug-likeness (QED) is 0.862. The third kappa shape index (κ3) is 4.40.